The van der Waals surface area contributed by atoms with Crippen LogP contribution in [0.4, 0.5) is 0 Å². The number of ether oxygens (including phenoxy) is 2. The topological polar surface area (TPSA) is 96.4 Å². The second kappa shape index (κ2) is 7.71. The zero-order valence-electron chi connectivity index (χ0n) is 15.1. The lowest BCUT2D eigenvalue weighted by Gasteiger charge is -2.16. The molecule has 0 spiro atoms. The minimum atomic E-state index is -0.551. The minimum Gasteiger partial charge on any atom is -0.493 e. The number of fused-ring (bicyclic) bond motifs is 1. The molecule has 0 saturated carbocycles. The molecular weight excluding hydrogens is 366 g/mol. The molecule has 1 atom stereocenters. The number of methoxy groups -OCH3 is 2. The average Bonchev–Trinajstić information content (AvgIpc) is 2.67. The third-order valence-corrected chi connectivity index (χ3v) is 5.12. The highest BCUT2D eigenvalue weighted by atomic mass is 32.2. The molecule has 1 aromatic heterocycles. The molecule has 0 fully saturated rings. The van der Waals surface area contributed by atoms with Gasteiger partial charge in [0.2, 0.25) is 5.91 Å². The Kier molecular flexibility index (Phi) is 5.36. The standard InChI is InChI=1S/C19H19N3O4S/c1-11(17(20)23)27-19-21-14-7-5-4-6-13(14)18(24)22(19)12-8-9-15(25-2)16(10-12)26-3/h4-11H,1-3H3,(H2,20,23). The van der Waals surface area contributed by atoms with Crippen molar-refractivity contribution in [3.8, 4) is 17.2 Å². The highest BCUT2D eigenvalue weighted by Crippen LogP contribution is 2.31. The van der Waals surface area contributed by atoms with Gasteiger partial charge < -0.3 is 15.2 Å². The fourth-order valence-corrected chi connectivity index (χ4v) is 3.48. The number of para-hydroxylation sites is 1. The Hall–Kier alpha value is -3.00. The van der Waals surface area contributed by atoms with Crippen LogP contribution in [-0.4, -0.2) is 34.9 Å². The molecule has 0 radical (unpaired) electrons. The van der Waals surface area contributed by atoms with Crippen LogP contribution in [0.2, 0.25) is 0 Å². The van der Waals surface area contributed by atoms with Gasteiger partial charge in [0, 0.05) is 6.07 Å². The van der Waals surface area contributed by atoms with Crippen molar-refractivity contribution >= 4 is 28.6 Å². The number of hydrogen-bond acceptors (Lipinski definition) is 6. The smallest absolute Gasteiger partial charge is 0.266 e. The summed E-state index contributed by atoms with van der Waals surface area (Å²) in [6.45, 7) is 1.67. The number of nitrogens with zero attached hydrogens (tertiary/aromatic N) is 2. The second-order valence-electron chi connectivity index (χ2n) is 5.75. The summed E-state index contributed by atoms with van der Waals surface area (Å²) in [5, 5.41) is 0.296. The lowest BCUT2D eigenvalue weighted by Crippen LogP contribution is -2.26. The van der Waals surface area contributed by atoms with Crippen LogP contribution in [0.15, 0.2) is 52.4 Å². The van der Waals surface area contributed by atoms with Crippen LogP contribution in [0.1, 0.15) is 6.92 Å². The van der Waals surface area contributed by atoms with Crippen LogP contribution >= 0.6 is 11.8 Å². The third kappa shape index (κ3) is 3.61. The molecule has 140 valence electrons. The lowest BCUT2D eigenvalue weighted by molar-refractivity contribution is -0.117. The summed E-state index contributed by atoms with van der Waals surface area (Å²) in [7, 11) is 3.06. The van der Waals surface area contributed by atoms with Crippen molar-refractivity contribution in [3.05, 3.63) is 52.8 Å². The summed E-state index contributed by atoms with van der Waals surface area (Å²) in [5.74, 6) is 0.540. The van der Waals surface area contributed by atoms with E-state index >= 15 is 0 Å². The van der Waals surface area contributed by atoms with Crippen molar-refractivity contribution in [3.63, 3.8) is 0 Å². The number of amides is 1. The maximum absolute atomic E-state index is 13.2. The maximum Gasteiger partial charge on any atom is 0.266 e. The van der Waals surface area contributed by atoms with Crippen molar-refractivity contribution in [1.82, 2.24) is 9.55 Å². The van der Waals surface area contributed by atoms with Crippen LogP contribution in [0, 0.1) is 0 Å². The molecule has 2 aromatic carbocycles. The van der Waals surface area contributed by atoms with Gasteiger partial charge in [-0.05, 0) is 31.2 Å². The monoisotopic (exact) mass is 385 g/mol. The molecule has 3 rings (SSSR count). The first-order valence-electron chi connectivity index (χ1n) is 8.16. The number of aromatic nitrogens is 2. The first-order valence-corrected chi connectivity index (χ1v) is 9.04. The normalized spacial score (nSPS) is 12.0. The van der Waals surface area contributed by atoms with Gasteiger partial charge in [-0.25, -0.2) is 4.98 Å². The van der Waals surface area contributed by atoms with E-state index in [1.807, 2.05) is 6.07 Å². The van der Waals surface area contributed by atoms with Crippen molar-refractivity contribution in [2.75, 3.05) is 14.2 Å². The quantitative estimate of drug-likeness (QED) is 0.517. The molecule has 1 amide bonds. The molecule has 27 heavy (non-hydrogen) atoms. The molecule has 7 nitrogen and oxygen atoms in total. The van der Waals surface area contributed by atoms with Gasteiger partial charge >= 0.3 is 0 Å². The predicted octanol–water partition coefficient (Wildman–Crippen LogP) is 2.37. The zero-order valence-corrected chi connectivity index (χ0v) is 15.9. The number of primary amides is 1. The largest absolute Gasteiger partial charge is 0.493 e. The summed E-state index contributed by atoms with van der Waals surface area (Å²) in [6.07, 6.45) is 0. The Bertz CT molecular complexity index is 1060. The molecule has 0 saturated heterocycles. The summed E-state index contributed by atoms with van der Waals surface area (Å²) in [6, 6.07) is 12.2. The molecule has 1 unspecified atom stereocenters. The highest BCUT2D eigenvalue weighted by molar-refractivity contribution is 8.00. The van der Waals surface area contributed by atoms with Crippen molar-refractivity contribution < 1.29 is 14.3 Å². The molecule has 0 aliphatic rings. The van der Waals surface area contributed by atoms with Gasteiger partial charge in [-0.15, -0.1) is 0 Å². The van der Waals surface area contributed by atoms with Gasteiger partial charge in [-0.2, -0.15) is 0 Å². The van der Waals surface area contributed by atoms with E-state index in [0.29, 0.717) is 33.2 Å². The van der Waals surface area contributed by atoms with E-state index in [0.717, 1.165) is 11.8 Å². The average molecular weight is 385 g/mol. The molecule has 1 heterocycles. The Balaban J connectivity index is 2.28. The van der Waals surface area contributed by atoms with Gasteiger partial charge in [0.1, 0.15) is 0 Å². The van der Waals surface area contributed by atoms with Gasteiger partial charge in [-0.1, -0.05) is 23.9 Å². The zero-order chi connectivity index (χ0) is 19.6. The van der Waals surface area contributed by atoms with Crippen LogP contribution in [0.3, 0.4) is 0 Å². The Morgan fingerprint density at radius 1 is 1.15 bits per heavy atom. The molecule has 8 heteroatoms. The molecule has 0 aliphatic carbocycles. The van der Waals surface area contributed by atoms with E-state index in [4.69, 9.17) is 15.2 Å². The van der Waals surface area contributed by atoms with Gasteiger partial charge in [-0.3, -0.25) is 14.2 Å². The molecule has 3 aromatic rings. The minimum absolute atomic E-state index is 0.244. The molecular formula is C19H19N3O4S. The summed E-state index contributed by atoms with van der Waals surface area (Å²) < 4.78 is 12.1. The maximum atomic E-state index is 13.2. The van der Waals surface area contributed by atoms with Crippen LogP contribution in [-0.2, 0) is 4.79 Å². The number of rotatable bonds is 6. The second-order valence-corrected chi connectivity index (χ2v) is 7.06. The Morgan fingerprint density at radius 3 is 2.52 bits per heavy atom. The molecule has 0 bridgehead atoms. The van der Waals surface area contributed by atoms with E-state index < -0.39 is 11.2 Å². The van der Waals surface area contributed by atoms with Crippen molar-refractivity contribution in [2.45, 2.75) is 17.3 Å². The fourth-order valence-electron chi connectivity index (χ4n) is 2.60. The highest BCUT2D eigenvalue weighted by Gasteiger charge is 2.19. The van der Waals surface area contributed by atoms with E-state index in [9.17, 15) is 9.59 Å². The van der Waals surface area contributed by atoms with E-state index in [1.54, 1.807) is 43.3 Å². The van der Waals surface area contributed by atoms with E-state index in [-0.39, 0.29) is 5.56 Å². The van der Waals surface area contributed by atoms with E-state index in [2.05, 4.69) is 4.98 Å². The summed E-state index contributed by atoms with van der Waals surface area (Å²) in [4.78, 5) is 29.3. The summed E-state index contributed by atoms with van der Waals surface area (Å²) in [5.41, 5.74) is 6.26. The van der Waals surface area contributed by atoms with Crippen LogP contribution in [0.5, 0.6) is 11.5 Å². The first-order chi connectivity index (χ1) is 13.0. The Morgan fingerprint density at radius 2 is 1.85 bits per heavy atom. The fraction of sp³-hybridized carbons (Fsp3) is 0.211. The van der Waals surface area contributed by atoms with Crippen LogP contribution in [0.25, 0.3) is 16.6 Å². The number of nitrogens with two attached hydrogens (primary N) is 1. The number of thioether (sulfide) groups is 1. The van der Waals surface area contributed by atoms with E-state index in [1.165, 1.54) is 18.8 Å². The van der Waals surface area contributed by atoms with Gasteiger partial charge in [0.25, 0.3) is 5.56 Å². The number of carbonyl (C=O) groups excluding carboxylic acids is 1. The van der Waals surface area contributed by atoms with Crippen molar-refractivity contribution in [2.24, 2.45) is 5.73 Å². The predicted molar refractivity (Wildman–Crippen MR) is 105 cm³/mol. The lowest BCUT2D eigenvalue weighted by atomic mass is 10.2. The summed E-state index contributed by atoms with van der Waals surface area (Å²) >= 11 is 1.13. The Labute approximate surface area is 160 Å². The van der Waals surface area contributed by atoms with Gasteiger partial charge in [0.15, 0.2) is 16.7 Å². The van der Waals surface area contributed by atoms with Crippen molar-refractivity contribution in [1.29, 1.82) is 0 Å². The number of benzene rings is 2. The van der Waals surface area contributed by atoms with Crippen LogP contribution < -0.4 is 20.8 Å². The third-order valence-electron chi connectivity index (χ3n) is 4.05. The first kappa shape index (κ1) is 18.8. The number of carbonyl (C=O) groups is 1. The molecule has 2 N–H and O–H groups in total. The molecule has 0 aliphatic heterocycles. The number of hydrogen-bond donors (Lipinski definition) is 1. The van der Waals surface area contributed by atoms with Gasteiger partial charge in [0.05, 0.1) is 36.1 Å². The SMILES string of the molecule is COc1ccc(-n2c(SC(C)C(N)=O)nc3ccccc3c2=O)cc1OC.